The van der Waals surface area contributed by atoms with Gasteiger partial charge in [0.15, 0.2) is 11.3 Å². The van der Waals surface area contributed by atoms with Crippen molar-refractivity contribution in [1.29, 1.82) is 0 Å². The molecule has 8 heterocycles. The number of nitrogens with one attached hydrogen (secondary N) is 2. The lowest BCUT2D eigenvalue weighted by Gasteiger charge is -2.42. The fourth-order valence-corrected chi connectivity index (χ4v) is 12.1. The van der Waals surface area contributed by atoms with E-state index in [1.807, 2.05) is 86.9 Å². The molecule has 0 unspecified atom stereocenters. The summed E-state index contributed by atoms with van der Waals surface area (Å²) < 4.78 is 14.5. The first kappa shape index (κ1) is 55.9. The number of ether oxygens (including phenoxy) is 2. The lowest BCUT2D eigenvalue weighted by Crippen LogP contribution is -2.58. The SMILES string of the molecule is Cc1cc(-c2[nH]nc(C3CCC(N(C)C(=O)C4CN(C(=O)OC(C)(C)C)C4)CC3)c2C(C)C)cn2ncnc12.Cc1cc(-c2[nH]nc(C3CCC(N(C)C(=O)C4CN(C(=O)OC(C)(C)C)C4)CC3)c2C(C)C)cn2ncnc12. The first-order chi connectivity index (χ1) is 36.8. The topological polar surface area (TPSA) is 217 Å². The van der Waals surface area contributed by atoms with E-state index < -0.39 is 11.2 Å². The third-order valence-electron chi connectivity index (χ3n) is 16.2. The van der Waals surface area contributed by atoms with Crippen LogP contribution in [0.1, 0.15) is 178 Å². The van der Waals surface area contributed by atoms with Crippen molar-refractivity contribution in [3.63, 3.8) is 0 Å². The molecular formula is C58H82N14O6. The van der Waals surface area contributed by atoms with Gasteiger partial charge < -0.3 is 29.1 Å². The second-order valence-corrected chi connectivity index (χ2v) is 25.1. The Morgan fingerprint density at radius 1 is 0.577 bits per heavy atom. The predicted molar refractivity (Wildman–Crippen MR) is 297 cm³/mol. The number of nitrogens with zero attached hydrogens (tertiary/aromatic N) is 12. The fraction of sp³-hybridized carbons (Fsp3) is 0.621. The summed E-state index contributed by atoms with van der Waals surface area (Å²) in [6.07, 6.45) is 14.2. The van der Waals surface area contributed by atoms with E-state index in [0.717, 1.165) is 108 Å². The van der Waals surface area contributed by atoms with Crippen LogP contribution in [0.4, 0.5) is 9.59 Å². The van der Waals surface area contributed by atoms with Crippen molar-refractivity contribution in [2.45, 2.75) is 181 Å². The molecule has 0 atom stereocenters. The minimum atomic E-state index is -0.532. The molecule has 78 heavy (non-hydrogen) atoms. The van der Waals surface area contributed by atoms with Gasteiger partial charge >= 0.3 is 12.2 Å². The number of likely N-dealkylation sites (tertiary alicyclic amines) is 2. The summed E-state index contributed by atoms with van der Waals surface area (Å²) in [7, 11) is 3.83. The van der Waals surface area contributed by atoms with Crippen molar-refractivity contribution < 1.29 is 28.7 Å². The van der Waals surface area contributed by atoms with Crippen LogP contribution in [0.3, 0.4) is 0 Å². The molecule has 0 aromatic carbocycles. The van der Waals surface area contributed by atoms with Crippen molar-refractivity contribution in [3.8, 4) is 22.5 Å². The predicted octanol–water partition coefficient (Wildman–Crippen LogP) is 9.81. The molecule has 0 bridgehead atoms. The van der Waals surface area contributed by atoms with Crippen molar-refractivity contribution in [2.24, 2.45) is 11.8 Å². The number of carbonyl (C=O) groups excluding carboxylic acids is 4. The van der Waals surface area contributed by atoms with Gasteiger partial charge in [-0.15, -0.1) is 0 Å². The van der Waals surface area contributed by atoms with E-state index in [1.165, 1.54) is 11.1 Å². The first-order valence-electron chi connectivity index (χ1n) is 28.1. The molecule has 420 valence electrons. The number of aryl methyl sites for hydroxylation is 2. The maximum atomic E-state index is 13.2. The van der Waals surface area contributed by atoms with Crippen LogP contribution in [-0.2, 0) is 19.1 Å². The summed E-state index contributed by atoms with van der Waals surface area (Å²) in [5.41, 5.74) is 11.9. The zero-order valence-electron chi connectivity index (χ0n) is 48.4. The Balaban J connectivity index is 0.000000190. The average Bonchev–Trinajstić information content (AvgIpc) is 4.31. The highest BCUT2D eigenvalue weighted by molar-refractivity contribution is 5.83. The van der Waals surface area contributed by atoms with Crippen LogP contribution in [0.15, 0.2) is 37.2 Å². The molecule has 6 aromatic heterocycles. The standard InChI is InChI=1S/2C29H41N7O3/c2*1-17(2)23-24(32-33-25(23)20-12-18(3)26-30-16-31-36(26)15-20)19-8-10-22(11-9-19)34(7)27(37)21-13-35(14-21)28(38)39-29(4,5)6/h2*12,15-17,19,21-22H,8-11,13-14H2,1-7H3,(H,32,33). The lowest BCUT2D eigenvalue weighted by atomic mass is 9.80. The number of hydrogen-bond acceptors (Lipinski definition) is 12. The van der Waals surface area contributed by atoms with E-state index in [-0.39, 0.29) is 47.9 Å². The van der Waals surface area contributed by atoms with E-state index in [1.54, 1.807) is 22.5 Å². The quantitative estimate of drug-likeness (QED) is 0.131. The number of fused-ring (bicyclic) bond motifs is 2. The number of carbonyl (C=O) groups is 4. The third-order valence-corrected chi connectivity index (χ3v) is 16.2. The molecule has 4 fully saturated rings. The maximum Gasteiger partial charge on any atom is 0.410 e. The summed E-state index contributed by atoms with van der Waals surface area (Å²) >= 11 is 0. The molecule has 4 aliphatic rings. The molecule has 0 radical (unpaired) electrons. The molecule has 20 heteroatoms. The summed E-state index contributed by atoms with van der Waals surface area (Å²) in [6, 6.07) is 4.72. The lowest BCUT2D eigenvalue weighted by molar-refractivity contribution is -0.142. The van der Waals surface area contributed by atoms with E-state index in [0.29, 0.717) is 49.9 Å². The number of aromatic nitrogens is 10. The Hall–Kier alpha value is -6.86. The molecule has 0 spiro atoms. The highest BCUT2D eigenvalue weighted by Crippen LogP contribution is 2.43. The molecule has 10 rings (SSSR count). The number of hydrogen-bond donors (Lipinski definition) is 2. The summed E-state index contributed by atoms with van der Waals surface area (Å²) in [4.78, 5) is 66.5. The van der Waals surface area contributed by atoms with Crippen LogP contribution in [0.2, 0.25) is 0 Å². The maximum absolute atomic E-state index is 13.2. The first-order valence-corrected chi connectivity index (χ1v) is 28.1. The van der Waals surface area contributed by atoms with Gasteiger partial charge in [0.2, 0.25) is 11.8 Å². The Kier molecular flexibility index (Phi) is 15.8. The van der Waals surface area contributed by atoms with Gasteiger partial charge in [-0.3, -0.25) is 19.8 Å². The van der Waals surface area contributed by atoms with Crippen molar-refractivity contribution >= 4 is 35.3 Å². The zero-order chi connectivity index (χ0) is 56.1. The van der Waals surface area contributed by atoms with Crippen LogP contribution >= 0.6 is 0 Å². The molecule has 2 aliphatic carbocycles. The highest BCUT2D eigenvalue weighted by Gasteiger charge is 2.43. The van der Waals surface area contributed by atoms with E-state index in [9.17, 15) is 19.2 Å². The molecule has 20 nitrogen and oxygen atoms in total. The van der Waals surface area contributed by atoms with Gasteiger partial charge in [0.05, 0.1) is 34.6 Å². The van der Waals surface area contributed by atoms with Gasteiger partial charge in [-0.2, -0.15) is 20.4 Å². The van der Waals surface area contributed by atoms with Crippen molar-refractivity contribution in [2.75, 3.05) is 40.3 Å². The molecule has 2 N–H and O–H groups in total. The molecule has 6 aromatic rings. The van der Waals surface area contributed by atoms with Crippen LogP contribution in [0, 0.1) is 25.7 Å². The van der Waals surface area contributed by atoms with Gasteiger partial charge in [0, 0.05) is 98.8 Å². The zero-order valence-corrected chi connectivity index (χ0v) is 48.4. The van der Waals surface area contributed by atoms with Crippen molar-refractivity contribution in [3.05, 3.63) is 70.8 Å². The van der Waals surface area contributed by atoms with Gasteiger partial charge in [-0.05, 0) is 142 Å². The second kappa shape index (κ2) is 22.1. The minimum Gasteiger partial charge on any atom is -0.444 e. The molecular weight excluding hydrogens is 989 g/mol. The fourth-order valence-electron chi connectivity index (χ4n) is 12.1. The summed E-state index contributed by atoms with van der Waals surface area (Å²) in [5, 5.41) is 25.0. The summed E-state index contributed by atoms with van der Waals surface area (Å²) in [5.74, 6) is 1.30. The van der Waals surface area contributed by atoms with Crippen LogP contribution in [0.25, 0.3) is 33.8 Å². The van der Waals surface area contributed by atoms with Gasteiger partial charge in [-0.25, -0.2) is 28.6 Å². The van der Waals surface area contributed by atoms with Gasteiger partial charge in [0.25, 0.3) is 0 Å². The molecule has 2 aliphatic heterocycles. The Morgan fingerprint density at radius 3 is 1.24 bits per heavy atom. The van der Waals surface area contributed by atoms with Crippen LogP contribution in [-0.4, -0.2) is 157 Å². The largest absolute Gasteiger partial charge is 0.444 e. The highest BCUT2D eigenvalue weighted by atomic mass is 16.6. The van der Waals surface area contributed by atoms with E-state index in [4.69, 9.17) is 19.7 Å². The molecule has 4 amide bonds. The average molecular weight is 1070 g/mol. The monoisotopic (exact) mass is 1070 g/mol. The van der Waals surface area contributed by atoms with Crippen LogP contribution in [0.5, 0.6) is 0 Å². The smallest absolute Gasteiger partial charge is 0.410 e. The normalized spacial score (nSPS) is 20.4. The van der Waals surface area contributed by atoms with Gasteiger partial charge in [-0.1, -0.05) is 27.7 Å². The molecule has 2 saturated heterocycles. The Bertz CT molecular complexity index is 2920. The number of amides is 4. The van der Waals surface area contributed by atoms with Crippen molar-refractivity contribution in [1.82, 2.24) is 69.2 Å². The Morgan fingerprint density at radius 2 is 0.923 bits per heavy atom. The van der Waals surface area contributed by atoms with E-state index in [2.05, 4.69) is 84.0 Å². The number of H-pyrrole nitrogens is 2. The second-order valence-electron chi connectivity index (χ2n) is 25.1. The number of rotatable bonds is 10. The molecule has 2 saturated carbocycles. The number of aromatic amines is 2. The van der Waals surface area contributed by atoms with E-state index >= 15 is 0 Å². The number of pyridine rings is 2. The minimum absolute atomic E-state index is 0.127. The third kappa shape index (κ3) is 11.8. The van der Waals surface area contributed by atoms with Gasteiger partial charge in [0.1, 0.15) is 23.9 Å². The van der Waals surface area contributed by atoms with Crippen LogP contribution < -0.4 is 0 Å². The Labute approximate surface area is 458 Å². The summed E-state index contributed by atoms with van der Waals surface area (Å²) in [6.45, 7) is 25.8.